The fourth-order valence-electron chi connectivity index (χ4n) is 4.23. The first kappa shape index (κ1) is 22.6. The second-order valence-corrected chi connectivity index (χ2v) is 8.41. The van der Waals surface area contributed by atoms with Gasteiger partial charge in [0.05, 0.1) is 41.5 Å². The maximum absolute atomic E-state index is 13.5. The molecule has 1 fully saturated rings. The lowest BCUT2D eigenvalue weighted by Crippen LogP contribution is -2.36. The molecule has 1 saturated heterocycles. The number of para-hydroxylation sites is 1. The monoisotopic (exact) mass is 468 g/mol. The fraction of sp³-hybridized carbons (Fsp3) is 0.222. The summed E-state index contributed by atoms with van der Waals surface area (Å²) in [6, 6.07) is 18.5. The van der Waals surface area contributed by atoms with Gasteiger partial charge in [0.2, 0.25) is 0 Å². The van der Waals surface area contributed by atoms with E-state index in [4.69, 9.17) is 9.47 Å². The number of carbonyl (C=O) groups excluding carboxylic acids is 1. The smallest absolute Gasteiger partial charge is 0.195 e. The zero-order valence-electron chi connectivity index (χ0n) is 18.9. The minimum absolute atomic E-state index is 0.0126. The van der Waals surface area contributed by atoms with Gasteiger partial charge in [-0.2, -0.15) is 5.26 Å². The number of anilines is 1. The van der Waals surface area contributed by atoms with Crippen LogP contribution in [0.2, 0.25) is 0 Å². The Morgan fingerprint density at radius 3 is 2.63 bits per heavy atom. The average Bonchev–Trinajstić information content (AvgIpc) is 3.34. The Hall–Kier alpha value is -4.19. The number of carbonyl (C=O) groups is 1. The zero-order valence-corrected chi connectivity index (χ0v) is 18.9. The van der Waals surface area contributed by atoms with Crippen molar-refractivity contribution in [2.24, 2.45) is 0 Å². The Kier molecular flexibility index (Phi) is 6.44. The molecule has 0 aliphatic carbocycles. The number of nitrogens with zero attached hydrogens (tertiary/aromatic N) is 2. The number of hydrogen-bond donors (Lipinski definition) is 3. The highest BCUT2D eigenvalue weighted by atomic mass is 16.5. The van der Waals surface area contributed by atoms with E-state index < -0.39 is 0 Å². The van der Waals surface area contributed by atoms with Crippen molar-refractivity contribution in [2.75, 3.05) is 18.5 Å². The molecule has 0 radical (unpaired) electrons. The van der Waals surface area contributed by atoms with Gasteiger partial charge in [0.25, 0.3) is 0 Å². The number of ether oxygens (including phenoxy) is 2. The molecule has 2 aromatic carbocycles. The minimum atomic E-state index is -0.192. The number of ketones is 1. The van der Waals surface area contributed by atoms with Gasteiger partial charge in [0.1, 0.15) is 23.2 Å². The van der Waals surface area contributed by atoms with Crippen LogP contribution in [0.1, 0.15) is 34.3 Å². The van der Waals surface area contributed by atoms with E-state index in [-0.39, 0.29) is 24.5 Å². The molecule has 3 N–H and O–H groups in total. The maximum atomic E-state index is 13.5. The Balaban J connectivity index is 1.43. The van der Waals surface area contributed by atoms with Crippen LogP contribution in [0, 0.1) is 11.3 Å². The van der Waals surface area contributed by atoms with Crippen molar-refractivity contribution in [3.8, 4) is 17.6 Å². The lowest BCUT2D eigenvalue weighted by Gasteiger charge is -2.29. The molecule has 1 aliphatic heterocycles. The second-order valence-electron chi connectivity index (χ2n) is 8.41. The number of benzene rings is 2. The van der Waals surface area contributed by atoms with Crippen LogP contribution in [-0.2, 0) is 4.74 Å². The third-order valence-corrected chi connectivity index (χ3v) is 6.08. The van der Waals surface area contributed by atoms with Crippen LogP contribution in [0.4, 0.5) is 5.69 Å². The van der Waals surface area contributed by atoms with Crippen LogP contribution in [0.25, 0.3) is 11.0 Å². The van der Waals surface area contributed by atoms with Crippen LogP contribution in [0.3, 0.4) is 0 Å². The standard InChI is InChI=1S/C27H24N4O4/c28-12-18-13-29-27-24(25(18)31-19-8-11-22(15-32)34-16-19)23(14-30-27)26(33)17-6-9-21(10-7-17)35-20-4-2-1-3-5-20/h1-7,9-10,13-14,19,22,32H,8,11,15-16H2,(H2,29,30,31)/t19-,22+/m1/s1. The lowest BCUT2D eigenvalue weighted by atomic mass is 10.00. The van der Waals surface area contributed by atoms with E-state index in [1.165, 1.54) is 6.20 Å². The van der Waals surface area contributed by atoms with Gasteiger partial charge < -0.3 is 24.9 Å². The molecule has 2 atom stereocenters. The summed E-state index contributed by atoms with van der Waals surface area (Å²) in [4.78, 5) is 20.9. The molecule has 8 heteroatoms. The van der Waals surface area contributed by atoms with Crippen LogP contribution < -0.4 is 10.1 Å². The summed E-state index contributed by atoms with van der Waals surface area (Å²) in [5.74, 6) is 1.15. The number of nitriles is 1. The summed E-state index contributed by atoms with van der Waals surface area (Å²) in [6.45, 7) is 0.387. The number of pyridine rings is 1. The highest BCUT2D eigenvalue weighted by molar-refractivity contribution is 6.18. The molecule has 1 aliphatic rings. The van der Waals surface area contributed by atoms with E-state index in [1.54, 1.807) is 30.5 Å². The van der Waals surface area contributed by atoms with Crippen LogP contribution in [0.5, 0.6) is 11.5 Å². The SMILES string of the molecule is N#Cc1cnc2[nH]cc(C(=O)c3ccc(Oc4ccccc4)cc3)c2c1N[C@@H]1CC[C@@H](CO)OC1. The van der Waals surface area contributed by atoms with Gasteiger partial charge in [0.15, 0.2) is 5.78 Å². The second kappa shape index (κ2) is 9.97. The molecule has 0 saturated carbocycles. The maximum Gasteiger partial charge on any atom is 0.195 e. The highest BCUT2D eigenvalue weighted by Gasteiger charge is 2.25. The van der Waals surface area contributed by atoms with E-state index in [9.17, 15) is 15.2 Å². The number of rotatable bonds is 7. The first-order valence-electron chi connectivity index (χ1n) is 11.4. The third kappa shape index (κ3) is 4.73. The number of aromatic nitrogens is 2. The van der Waals surface area contributed by atoms with Crippen molar-refractivity contribution >= 4 is 22.5 Å². The highest BCUT2D eigenvalue weighted by Crippen LogP contribution is 2.32. The zero-order chi connectivity index (χ0) is 24.2. The molecule has 176 valence electrons. The molecule has 8 nitrogen and oxygen atoms in total. The van der Waals surface area contributed by atoms with Gasteiger partial charge in [-0.05, 0) is 49.2 Å². The molecule has 0 spiro atoms. The van der Waals surface area contributed by atoms with E-state index >= 15 is 0 Å². The predicted molar refractivity (Wildman–Crippen MR) is 131 cm³/mol. The van der Waals surface area contributed by atoms with Crippen molar-refractivity contribution in [3.63, 3.8) is 0 Å². The summed E-state index contributed by atoms with van der Waals surface area (Å²) in [5.41, 5.74) is 2.34. The lowest BCUT2D eigenvalue weighted by molar-refractivity contribution is -0.0223. The molecule has 2 aromatic heterocycles. The third-order valence-electron chi connectivity index (χ3n) is 6.08. The van der Waals surface area contributed by atoms with Gasteiger partial charge in [-0.25, -0.2) is 4.98 Å². The van der Waals surface area contributed by atoms with E-state index in [2.05, 4.69) is 21.4 Å². The Morgan fingerprint density at radius 1 is 1.17 bits per heavy atom. The number of hydrogen-bond acceptors (Lipinski definition) is 7. The summed E-state index contributed by atoms with van der Waals surface area (Å²) in [7, 11) is 0. The first-order valence-corrected chi connectivity index (χ1v) is 11.4. The summed E-state index contributed by atoms with van der Waals surface area (Å²) >= 11 is 0. The number of nitrogens with one attached hydrogen (secondary N) is 2. The molecule has 0 bridgehead atoms. The van der Waals surface area contributed by atoms with Crippen molar-refractivity contribution in [2.45, 2.75) is 25.0 Å². The molecular formula is C27H24N4O4. The van der Waals surface area contributed by atoms with E-state index in [0.29, 0.717) is 57.9 Å². The molecule has 4 aromatic rings. The van der Waals surface area contributed by atoms with E-state index in [0.717, 1.165) is 6.42 Å². The van der Waals surface area contributed by atoms with Crippen molar-refractivity contribution in [1.29, 1.82) is 5.26 Å². The number of aliphatic hydroxyl groups excluding tert-OH is 1. The predicted octanol–water partition coefficient (Wildman–Crippen LogP) is 4.41. The number of fused-ring (bicyclic) bond motifs is 1. The number of aliphatic hydroxyl groups is 1. The largest absolute Gasteiger partial charge is 0.457 e. The Labute approximate surface area is 202 Å². The quantitative estimate of drug-likeness (QED) is 0.344. The van der Waals surface area contributed by atoms with E-state index in [1.807, 2.05) is 30.3 Å². The average molecular weight is 469 g/mol. The fourth-order valence-corrected chi connectivity index (χ4v) is 4.23. The van der Waals surface area contributed by atoms with Gasteiger partial charge >= 0.3 is 0 Å². The Morgan fingerprint density at radius 2 is 1.94 bits per heavy atom. The van der Waals surface area contributed by atoms with Crippen molar-refractivity contribution in [1.82, 2.24) is 9.97 Å². The normalized spacial score (nSPS) is 17.6. The topological polar surface area (TPSA) is 120 Å². The minimum Gasteiger partial charge on any atom is -0.457 e. The molecule has 35 heavy (non-hydrogen) atoms. The van der Waals surface area contributed by atoms with Crippen LogP contribution in [-0.4, -0.2) is 46.2 Å². The van der Waals surface area contributed by atoms with Gasteiger partial charge in [-0.3, -0.25) is 4.79 Å². The number of aromatic amines is 1. The first-order chi connectivity index (χ1) is 17.2. The molecule has 3 heterocycles. The molecule has 0 amide bonds. The number of H-pyrrole nitrogens is 1. The summed E-state index contributed by atoms with van der Waals surface area (Å²) < 4.78 is 11.5. The Bertz CT molecular complexity index is 1370. The van der Waals surface area contributed by atoms with Gasteiger partial charge in [0, 0.05) is 24.0 Å². The van der Waals surface area contributed by atoms with Crippen LogP contribution in [0.15, 0.2) is 67.0 Å². The molecular weight excluding hydrogens is 444 g/mol. The summed E-state index contributed by atoms with van der Waals surface area (Å²) in [5, 5.41) is 23.0. The van der Waals surface area contributed by atoms with Crippen LogP contribution >= 0.6 is 0 Å². The van der Waals surface area contributed by atoms with Crippen molar-refractivity contribution < 1.29 is 19.4 Å². The van der Waals surface area contributed by atoms with Gasteiger partial charge in [-0.1, -0.05) is 18.2 Å². The van der Waals surface area contributed by atoms with Crippen molar-refractivity contribution in [3.05, 3.63) is 83.7 Å². The molecule has 5 rings (SSSR count). The van der Waals surface area contributed by atoms with Gasteiger partial charge in [-0.15, -0.1) is 0 Å². The summed E-state index contributed by atoms with van der Waals surface area (Å²) in [6.07, 6.45) is 4.43. The molecule has 0 unspecified atom stereocenters.